The van der Waals surface area contributed by atoms with Crippen LogP contribution in [0.4, 0.5) is 9.93 Å². The molecule has 1 aromatic heterocycles. The molecule has 0 aliphatic carbocycles. The van der Waals surface area contributed by atoms with Crippen LogP contribution in [-0.2, 0) is 0 Å². The minimum absolute atomic E-state index is 0.112. The van der Waals surface area contributed by atoms with Gasteiger partial charge in [0.25, 0.3) is 0 Å². The monoisotopic (exact) mass is 292 g/mol. The van der Waals surface area contributed by atoms with Crippen molar-refractivity contribution in [1.82, 2.24) is 15.5 Å². The quantitative estimate of drug-likeness (QED) is 0.888. The van der Waals surface area contributed by atoms with Gasteiger partial charge in [-0.15, -0.1) is 10.2 Å². The Balaban J connectivity index is 1.90. The fourth-order valence-corrected chi connectivity index (χ4v) is 2.10. The number of nitrogens with one attached hydrogen (secondary N) is 2. The van der Waals surface area contributed by atoms with Crippen molar-refractivity contribution in [2.75, 3.05) is 11.9 Å². The summed E-state index contributed by atoms with van der Waals surface area (Å²) in [7, 11) is 0. The van der Waals surface area contributed by atoms with Crippen LogP contribution in [0.15, 0.2) is 29.8 Å². The predicted octanol–water partition coefficient (Wildman–Crippen LogP) is 2.82. The van der Waals surface area contributed by atoms with E-state index in [9.17, 15) is 4.79 Å². The number of carbonyl (C=O) groups excluding carboxylic acids is 1. The summed E-state index contributed by atoms with van der Waals surface area (Å²) in [6.07, 6.45) is 0. The zero-order valence-electron chi connectivity index (χ0n) is 11.3. The van der Waals surface area contributed by atoms with Gasteiger partial charge in [0.1, 0.15) is 11.3 Å². The maximum absolute atomic E-state index is 11.8. The maximum atomic E-state index is 11.8. The molecule has 20 heavy (non-hydrogen) atoms. The van der Waals surface area contributed by atoms with Crippen molar-refractivity contribution in [3.05, 3.63) is 35.3 Å². The molecule has 7 heteroatoms. The minimum atomic E-state index is -0.303. The van der Waals surface area contributed by atoms with Crippen LogP contribution in [0.5, 0.6) is 5.75 Å². The molecule has 0 spiro atoms. The number of hydrogen-bond acceptors (Lipinski definition) is 5. The number of aromatic nitrogens is 2. The summed E-state index contributed by atoms with van der Waals surface area (Å²) in [6.45, 7) is 4.49. The molecule has 2 amide bonds. The van der Waals surface area contributed by atoms with Crippen molar-refractivity contribution in [3.63, 3.8) is 0 Å². The summed E-state index contributed by atoms with van der Waals surface area (Å²) in [6, 6.07) is 7.22. The van der Waals surface area contributed by atoms with E-state index in [2.05, 4.69) is 20.8 Å². The summed E-state index contributed by atoms with van der Waals surface area (Å²) in [4.78, 5) is 11.8. The van der Waals surface area contributed by atoms with Gasteiger partial charge >= 0.3 is 6.03 Å². The Morgan fingerprint density at radius 3 is 2.75 bits per heavy atom. The minimum Gasteiger partial charge on any atom is -0.494 e. The van der Waals surface area contributed by atoms with Gasteiger partial charge in [-0.25, -0.2) is 4.79 Å². The van der Waals surface area contributed by atoms with Crippen LogP contribution in [0.3, 0.4) is 0 Å². The summed E-state index contributed by atoms with van der Waals surface area (Å²) in [5.74, 6) is 0.821. The zero-order valence-corrected chi connectivity index (χ0v) is 12.1. The van der Waals surface area contributed by atoms with Gasteiger partial charge in [-0.1, -0.05) is 23.5 Å². The molecule has 2 N–H and O–H groups in total. The second-order valence-electron chi connectivity index (χ2n) is 4.07. The van der Waals surface area contributed by atoms with Gasteiger partial charge in [-0.05, 0) is 31.5 Å². The Hall–Kier alpha value is -2.15. The smallest absolute Gasteiger partial charge is 0.321 e. The third-order valence-corrected chi connectivity index (χ3v) is 3.23. The van der Waals surface area contributed by atoms with E-state index in [1.807, 2.05) is 38.1 Å². The number of amides is 2. The topological polar surface area (TPSA) is 76.1 Å². The highest BCUT2D eigenvalue weighted by atomic mass is 32.1. The van der Waals surface area contributed by atoms with Crippen LogP contribution in [-0.4, -0.2) is 22.8 Å². The number of urea groups is 1. The van der Waals surface area contributed by atoms with E-state index >= 15 is 0 Å². The first-order valence-electron chi connectivity index (χ1n) is 6.25. The zero-order chi connectivity index (χ0) is 14.4. The molecular weight excluding hydrogens is 276 g/mol. The van der Waals surface area contributed by atoms with E-state index < -0.39 is 0 Å². The van der Waals surface area contributed by atoms with E-state index in [0.29, 0.717) is 11.7 Å². The summed E-state index contributed by atoms with van der Waals surface area (Å²) in [5.41, 5.74) is 2.56. The van der Waals surface area contributed by atoms with Crippen molar-refractivity contribution in [2.24, 2.45) is 0 Å². The van der Waals surface area contributed by atoms with E-state index in [-0.39, 0.29) is 12.1 Å². The highest BCUT2D eigenvalue weighted by Crippen LogP contribution is 2.18. The van der Waals surface area contributed by atoms with E-state index in [1.54, 1.807) is 5.51 Å². The molecule has 1 aromatic carbocycles. The Bertz CT molecular complexity index is 542. The fourth-order valence-electron chi connectivity index (χ4n) is 1.66. The van der Waals surface area contributed by atoms with Crippen LogP contribution in [0.25, 0.3) is 0 Å². The third kappa shape index (κ3) is 3.92. The molecule has 0 aliphatic heterocycles. The van der Waals surface area contributed by atoms with Gasteiger partial charge in [0.05, 0.1) is 12.6 Å². The number of rotatable bonds is 5. The lowest BCUT2D eigenvalue weighted by Crippen LogP contribution is -2.31. The SMILES string of the molecule is CCOc1ccc([C@H](C)NC(=O)Nc2nncs2)cc1. The number of anilines is 1. The molecule has 106 valence electrons. The number of nitrogens with zero attached hydrogens (tertiary/aromatic N) is 2. The first kappa shape index (κ1) is 14.3. The standard InChI is InChI=1S/C13H16N4O2S/c1-3-19-11-6-4-10(5-7-11)9(2)15-12(18)16-13-17-14-8-20-13/h4-9H,3H2,1-2H3,(H2,15,16,17,18)/t9-/m0/s1. The van der Waals surface area contributed by atoms with Crippen molar-refractivity contribution in [3.8, 4) is 5.75 Å². The highest BCUT2D eigenvalue weighted by Gasteiger charge is 2.10. The van der Waals surface area contributed by atoms with Gasteiger partial charge in [0.15, 0.2) is 0 Å². The summed E-state index contributed by atoms with van der Waals surface area (Å²) in [5, 5.41) is 13.3. The molecule has 0 saturated carbocycles. The van der Waals surface area contributed by atoms with E-state index in [0.717, 1.165) is 11.3 Å². The summed E-state index contributed by atoms with van der Waals surface area (Å²) >= 11 is 1.27. The molecule has 2 aromatic rings. The molecule has 1 heterocycles. The van der Waals surface area contributed by atoms with E-state index in [1.165, 1.54) is 11.3 Å². The molecule has 6 nitrogen and oxygen atoms in total. The van der Waals surface area contributed by atoms with Crippen LogP contribution in [0, 0.1) is 0 Å². The molecule has 0 unspecified atom stereocenters. The number of carbonyl (C=O) groups is 1. The first-order valence-corrected chi connectivity index (χ1v) is 7.13. The van der Waals surface area contributed by atoms with Crippen molar-refractivity contribution in [1.29, 1.82) is 0 Å². The predicted molar refractivity (Wildman–Crippen MR) is 78.1 cm³/mol. The van der Waals surface area contributed by atoms with Gasteiger partial charge in [0.2, 0.25) is 5.13 Å². The molecule has 0 radical (unpaired) electrons. The Labute approximate surface area is 121 Å². The van der Waals surface area contributed by atoms with Crippen LogP contribution in [0.2, 0.25) is 0 Å². The Kier molecular flexibility index (Phi) is 4.89. The van der Waals surface area contributed by atoms with Gasteiger partial charge in [0, 0.05) is 0 Å². The lowest BCUT2D eigenvalue weighted by Gasteiger charge is -2.14. The second kappa shape index (κ2) is 6.85. The number of benzene rings is 1. The van der Waals surface area contributed by atoms with Gasteiger partial charge < -0.3 is 10.1 Å². The lowest BCUT2D eigenvalue weighted by molar-refractivity contribution is 0.249. The number of ether oxygens (including phenoxy) is 1. The highest BCUT2D eigenvalue weighted by molar-refractivity contribution is 7.13. The molecule has 0 fully saturated rings. The number of hydrogen-bond donors (Lipinski definition) is 2. The lowest BCUT2D eigenvalue weighted by atomic mass is 10.1. The van der Waals surface area contributed by atoms with Gasteiger partial charge in [-0.3, -0.25) is 5.32 Å². The van der Waals surface area contributed by atoms with Crippen LogP contribution < -0.4 is 15.4 Å². The van der Waals surface area contributed by atoms with E-state index in [4.69, 9.17) is 4.74 Å². The maximum Gasteiger partial charge on any atom is 0.321 e. The largest absolute Gasteiger partial charge is 0.494 e. The summed E-state index contributed by atoms with van der Waals surface area (Å²) < 4.78 is 5.38. The molecule has 0 aliphatic rings. The van der Waals surface area contributed by atoms with Gasteiger partial charge in [-0.2, -0.15) is 0 Å². The molecular formula is C13H16N4O2S. The fraction of sp³-hybridized carbons (Fsp3) is 0.308. The van der Waals surface area contributed by atoms with Crippen molar-refractivity contribution >= 4 is 22.5 Å². The van der Waals surface area contributed by atoms with Crippen molar-refractivity contribution < 1.29 is 9.53 Å². The third-order valence-electron chi connectivity index (χ3n) is 2.62. The average Bonchev–Trinajstić information content (AvgIpc) is 2.92. The van der Waals surface area contributed by atoms with Crippen LogP contribution in [0.1, 0.15) is 25.5 Å². The molecule has 0 saturated heterocycles. The second-order valence-corrected chi connectivity index (χ2v) is 4.90. The molecule has 1 atom stereocenters. The average molecular weight is 292 g/mol. The normalized spacial score (nSPS) is 11.7. The van der Waals surface area contributed by atoms with Crippen LogP contribution >= 0.6 is 11.3 Å². The Morgan fingerprint density at radius 2 is 2.15 bits per heavy atom. The molecule has 0 bridgehead atoms. The Morgan fingerprint density at radius 1 is 1.40 bits per heavy atom. The van der Waals surface area contributed by atoms with Crippen molar-refractivity contribution in [2.45, 2.75) is 19.9 Å². The first-order chi connectivity index (χ1) is 9.69. The molecule has 2 rings (SSSR count).